The zero-order chi connectivity index (χ0) is 19.4. The first-order valence-corrected chi connectivity index (χ1v) is 9.85. The molecule has 0 radical (unpaired) electrons. The molecule has 1 fully saturated rings. The Kier molecular flexibility index (Phi) is 6.77. The van der Waals surface area contributed by atoms with Crippen LogP contribution in [0.15, 0.2) is 48.5 Å². The summed E-state index contributed by atoms with van der Waals surface area (Å²) in [4.78, 5) is 14.6. The lowest BCUT2D eigenvalue weighted by atomic mass is 9.91. The summed E-state index contributed by atoms with van der Waals surface area (Å²) in [6.07, 6.45) is 1.20. The van der Waals surface area contributed by atoms with Gasteiger partial charge in [0.05, 0.1) is 18.7 Å². The molecule has 6 heteroatoms. The monoisotopic (exact) mass is 407 g/mol. The van der Waals surface area contributed by atoms with Crippen molar-refractivity contribution in [2.75, 3.05) is 13.2 Å². The van der Waals surface area contributed by atoms with Crippen molar-refractivity contribution < 1.29 is 14.6 Å². The molecular weight excluding hydrogens is 385 g/mol. The van der Waals surface area contributed by atoms with Crippen LogP contribution in [-0.2, 0) is 9.53 Å². The Hall–Kier alpha value is -1.59. The van der Waals surface area contributed by atoms with Crippen molar-refractivity contribution in [3.63, 3.8) is 0 Å². The van der Waals surface area contributed by atoms with Gasteiger partial charge in [-0.25, -0.2) is 0 Å². The molecule has 3 atom stereocenters. The average Bonchev–Trinajstić information content (AvgIpc) is 2.67. The standard InChI is InChI=1S/C21H23Cl2NO3/c1-2-4-18(12-25)24-19(26)13-27-21(15-5-3-6-17(23)11-15)20(24)14-7-9-16(22)10-8-14/h3,5-11,18,20-21,25H,2,4,12-13H2,1H3/t18-,20+,21+/m0/s1. The number of hydrogen-bond acceptors (Lipinski definition) is 3. The Morgan fingerprint density at radius 1 is 1.15 bits per heavy atom. The van der Waals surface area contributed by atoms with Crippen LogP contribution in [0.25, 0.3) is 0 Å². The van der Waals surface area contributed by atoms with E-state index in [1.165, 1.54) is 0 Å². The molecule has 0 aromatic heterocycles. The molecule has 27 heavy (non-hydrogen) atoms. The van der Waals surface area contributed by atoms with E-state index in [9.17, 15) is 9.90 Å². The lowest BCUT2D eigenvalue weighted by Crippen LogP contribution is -2.52. The molecule has 4 nitrogen and oxygen atoms in total. The van der Waals surface area contributed by atoms with E-state index < -0.39 is 0 Å². The molecule has 1 aliphatic heterocycles. The van der Waals surface area contributed by atoms with Gasteiger partial charge in [0.2, 0.25) is 5.91 Å². The van der Waals surface area contributed by atoms with Gasteiger partial charge in [-0.15, -0.1) is 0 Å². The van der Waals surface area contributed by atoms with Gasteiger partial charge in [0.25, 0.3) is 0 Å². The van der Waals surface area contributed by atoms with Crippen molar-refractivity contribution in [2.45, 2.75) is 38.0 Å². The van der Waals surface area contributed by atoms with Gasteiger partial charge < -0.3 is 14.7 Å². The fourth-order valence-corrected chi connectivity index (χ4v) is 3.99. The normalized spacial score (nSPS) is 21.3. The first-order chi connectivity index (χ1) is 13.0. The lowest BCUT2D eigenvalue weighted by Gasteiger charge is -2.45. The molecule has 0 spiro atoms. The molecule has 0 bridgehead atoms. The minimum absolute atomic E-state index is 0.0263. The van der Waals surface area contributed by atoms with Crippen molar-refractivity contribution in [3.05, 3.63) is 69.7 Å². The lowest BCUT2D eigenvalue weighted by molar-refractivity contribution is -0.165. The number of rotatable bonds is 6. The van der Waals surface area contributed by atoms with Crippen molar-refractivity contribution in [3.8, 4) is 0 Å². The molecule has 3 rings (SSSR count). The highest BCUT2D eigenvalue weighted by Gasteiger charge is 2.41. The third-order valence-electron chi connectivity index (χ3n) is 4.88. The maximum absolute atomic E-state index is 12.8. The second-order valence-corrected chi connectivity index (χ2v) is 7.58. The Labute approximate surface area is 169 Å². The Morgan fingerprint density at radius 2 is 1.89 bits per heavy atom. The molecular formula is C21H23Cl2NO3. The van der Waals surface area contributed by atoms with Crippen molar-refractivity contribution in [2.24, 2.45) is 0 Å². The molecule has 0 saturated carbocycles. The van der Waals surface area contributed by atoms with Crippen LogP contribution >= 0.6 is 23.2 Å². The summed E-state index contributed by atoms with van der Waals surface area (Å²) in [7, 11) is 0. The van der Waals surface area contributed by atoms with Crippen LogP contribution in [0.4, 0.5) is 0 Å². The number of hydrogen-bond donors (Lipinski definition) is 1. The van der Waals surface area contributed by atoms with Crippen LogP contribution in [0.3, 0.4) is 0 Å². The van der Waals surface area contributed by atoms with Gasteiger partial charge in [0.15, 0.2) is 0 Å². The van der Waals surface area contributed by atoms with Crippen molar-refractivity contribution >= 4 is 29.1 Å². The van der Waals surface area contributed by atoms with Crippen molar-refractivity contribution in [1.29, 1.82) is 0 Å². The number of carbonyl (C=O) groups excluding carboxylic acids is 1. The summed E-state index contributed by atoms with van der Waals surface area (Å²) in [6, 6.07) is 14.3. The van der Waals surface area contributed by atoms with Crippen LogP contribution in [0, 0.1) is 0 Å². The van der Waals surface area contributed by atoms with E-state index in [4.69, 9.17) is 27.9 Å². The third-order valence-corrected chi connectivity index (χ3v) is 5.36. The summed E-state index contributed by atoms with van der Waals surface area (Å²) >= 11 is 12.2. The van der Waals surface area contributed by atoms with Crippen LogP contribution in [0.2, 0.25) is 10.0 Å². The topological polar surface area (TPSA) is 49.8 Å². The smallest absolute Gasteiger partial charge is 0.249 e. The van der Waals surface area contributed by atoms with E-state index in [0.717, 1.165) is 17.5 Å². The van der Waals surface area contributed by atoms with E-state index in [1.807, 2.05) is 43.3 Å². The number of aliphatic hydroxyl groups is 1. The first-order valence-electron chi connectivity index (χ1n) is 9.09. The second kappa shape index (κ2) is 9.07. The quantitative estimate of drug-likeness (QED) is 0.748. The highest BCUT2D eigenvalue weighted by molar-refractivity contribution is 6.30. The summed E-state index contributed by atoms with van der Waals surface area (Å²) in [5.74, 6) is -0.124. The van der Waals surface area contributed by atoms with Crippen LogP contribution < -0.4 is 0 Å². The summed E-state index contributed by atoms with van der Waals surface area (Å²) in [6.45, 7) is 1.92. The zero-order valence-corrected chi connectivity index (χ0v) is 16.7. The second-order valence-electron chi connectivity index (χ2n) is 6.71. The predicted molar refractivity (Wildman–Crippen MR) is 107 cm³/mol. The number of halogens is 2. The van der Waals surface area contributed by atoms with E-state index in [2.05, 4.69) is 0 Å². The molecule has 1 N–H and O–H groups in total. The summed E-state index contributed by atoms with van der Waals surface area (Å²) in [5.41, 5.74) is 1.81. The fourth-order valence-electron chi connectivity index (χ4n) is 3.67. The average molecular weight is 408 g/mol. The Balaban J connectivity index is 2.08. The van der Waals surface area contributed by atoms with Gasteiger partial charge in [-0.2, -0.15) is 0 Å². The largest absolute Gasteiger partial charge is 0.394 e. The molecule has 1 heterocycles. The zero-order valence-electron chi connectivity index (χ0n) is 15.1. The van der Waals surface area contributed by atoms with E-state index in [0.29, 0.717) is 16.5 Å². The molecule has 2 aromatic carbocycles. The van der Waals surface area contributed by atoms with E-state index in [1.54, 1.807) is 17.0 Å². The van der Waals surface area contributed by atoms with Gasteiger partial charge in [0, 0.05) is 10.0 Å². The number of aliphatic hydroxyl groups excluding tert-OH is 1. The van der Waals surface area contributed by atoms with Gasteiger partial charge in [-0.05, 0) is 41.8 Å². The Morgan fingerprint density at radius 3 is 2.52 bits per heavy atom. The van der Waals surface area contributed by atoms with E-state index >= 15 is 0 Å². The summed E-state index contributed by atoms with van der Waals surface area (Å²) in [5, 5.41) is 11.2. The van der Waals surface area contributed by atoms with Crippen LogP contribution in [0.5, 0.6) is 0 Å². The third kappa shape index (κ3) is 4.46. The molecule has 0 unspecified atom stereocenters. The highest BCUT2D eigenvalue weighted by Crippen LogP contribution is 2.42. The molecule has 0 aliphatic carbocycles. The SMILES string of the molecule is CCC[C@@H](CO)N1C(=O)CO[C@H](c2cccc(Cl)c2)[C@H]1c1ccc(Cl)cc1. The molecule has 2 aromatic rings. The summed E-state index contributed by atoms with van der Waals surface area (Å²) < 4.78 is 5.97. The molecule has 1 amide bonds. The number of nitrogens with zero attached hydrogens (tertiary/aromatic N) is 1. The first kappa shape index (κ1) is 20.2. The number of morpholine rings is 1. The Bertz CT molecular complexity index is 781. The number of ether oxygens (including phenoxy) is 1. The number of benzene rings is 2. The van der Waals surface area contributed by atoms with Gasteiger partial charge in [-0.1, -0.05) is 60.8 Å². The van der Waals surface area contributed by atoms with E-state index in [-0.39, 0.29) is 37.3 Å². The molecule has 1 aliphatic rings. The highest BCUT2D eigenvalue weighted by atomic mass is 35.5. The minimum atomic E-state index is -0.381. The van der Waals surface area contributed by atoms with Crippen LogP contribution in [-0.4, -0.2) is 35.2 Å². The van der Waals surface area contributed by atoms with Gasteiger partial charge >= 0.3 is 0 Å². The predicted octanol–water partition coefficient (Wildman–Crippen LogP) is 4.80. The van der Waals surface area contributed by atoms with Crippen molar-refractivity contribution in [1.82, 2.24) is 4.90 Å². The maximum Gasteiger partial charge on any atom is 0.249 e. The maximum atomic E-state index is 12.8. The van der Waals surface area contributed by atoms with Gasteiger partial charge in [0.1, 0.15) is 12.7 Å². The van der Waals surface area contributed by atoms with Crippen LogP contribution in [0.1, 0.15) is 43.0 Å². The number of carbonyl (C=O) groups is 1. The molecule has 1 saturated heterocycles. The minimum Gasteiger partial charge on any atom is -0.394 e. The number of amides is 1. The van der Waals surface area contributed by atoms with Gasteiger partial charge in [-0.3, -0.25) is 4.79 Å². The fraction of sp³-hybridized carbons (Fsp3) is 0.381. The molecule has 144 valence electrons.